The Bertz CT molecular complexity index is 466. The fourth-order valence-electron chi connectivity index (χ4n) is 3.66. The van der Waals surface area contributed by atoms with Crippen molar-refractivity contribution < 1.29 is 9.47 Å². The predicted octanol–water partition coefficient (Wildman–Crippen LogP) is 3.30. The molecule has 0 amide bonds. The van der Waals surface area contributed by atoms with E-state index >= 15 is 0 Å². The van der Waals surface area contributed by atoms with E-state index in [1.807, 2.05) is 6.07 Å². The average Bonchev–Trinajstić information content (AvgIpc) is 2.37. The second-order valence-corrected chi connectivity index (χ2v) is 6.02. The van der Waals surface area contributed by atoms with E-state index in [1.165, 1.54) is 18.4 Å². The number of fused-ring (bicyclic) bond motifs is 1. The second kappa shape index (κ2) is 4.71. The number of nitrogens with one attached hydrogen (secondary N) is 1. The van der Waals surface area contributed by atoms with Crippen LogP contribution >= 0.6 is 0 Å². The van der Waals surface area contributed by atoms with Gasteiger partial charge in [0.15, 0.2) is 0 Å². The van der Waals surface area contributed by atoms with E-state index in [2.05, 4.69) is 31.3 Å². The first-order chi connectivity index (χ1) is 9.15. The first-order valence-electron chi connectivity index (χ1n) is 7.26. The highest BCUT2D eigenvalue weighted by Gasteiger charge is 2.48. The quantitative estimate of drug-likeness (QED) is 0.905. The molecule has 1 atom stereocenters. The molecule has 1 aliphatic heterocycles. The van der Waals surface area contributed by atoms with Gasteiger partial charge in [-0.2, -0.15) is 0 Å². The fourth-order valence-corrected chi connectivity index (χ4v) is 3.66. The third-order valence-electron chi connectivity index (χ3n) is 4.39. The minimum Gasteiger partial charge on any atom is -0.497 e. The van der Waals surface area contributed by atoms with Crippen molar-refractivity contribution in [2.75, 3.05) is 13.7 Å². The van der Waals surface area contributed by atoms with Crippen molar-refractivity contribution in [3.8, 4) is 11.5 Å². The number of hydrogen-bond donors (Lipinski definition) is 1. The van der Waals surface area contributed by atoms with Gasteiger partial charge in [0.1, 0.15) is 17.1 Å². The third-order valence-corrected chi connectivity index (χ3v) is 4.39. The molecule has 1 fully saturated rings. The smallest absolute Gasteiger partial charge is 0.125 e. The molecule has 3 nitrogen and oxygen atoms in total. The molecule has 0 radical (unpaired) electrons. The average molecular weight is 261 g/mol. The molecule has 1 heterocycles. The maximum Gasteiger partial charge on any atom is 0.125 e. The minimum absolute atomic E-state index is 0.0772. The van der Waals surface area contributed by atoms with Gasteiger partial charge in [-0.05, 0) is 43.5 Å². The summed E-state index contributed by atoms with van der Waals surface area (Å²) in [5, 5.41) is 3.59. The molecule has 0 bridgehead atoms. The molecular weight excluding hydrogens is 238 g/mol. The van der Waals surface area contributed by atoms with Gasteiger partial charge in [0.05, 0.1) is 7.11 Å². The van der Waals surface area contributed by atoms with Crippen LogP contribution in [0.5, 0.6) is 11.5 Å². The van der Waals surface area contributed by atoms with Gasteiger partial charge in [-0.3, -0.25) is 0 Å². The Balaban J connectivity index is 1.92. The van der Waals surface area contributed by atoms with Crippen LogP contribution in [0.25, 0.3) is 0 Å². The molecule has 1 N–H and O–H groups in total. The Kier molecular flexibility index (Phi) is 3.17. The molecule has 3 rings (SSSR count). The van der Waals surface area contributed by atoms with Gasteiger partial charge in [-0.1, -0.05) is 13.8 Å². The summed E-state index contributed by atoms with van der Waals surface area (Å²) in [4.78, 5) is 0. The molecule has 1 aromatic rings. The van der Waals surface area contributed by atoms with Crippen LogP contribution in [0.3, 0.4) is 0 Å². The zero-order chi connectivity index (χ0) is 13.5. The van der Waals surface area contributed by atoms with Crippen LogP contribution in [0.4, 0.5) is 0 Å². The third kappa shape index (κ3) is 2.20. The van der Waals surface area contributed by atoms with Crippen molar-refractivity contribution in [2.24, 2.45) is 5.92 Å². The molecule has 0 saturated heterocycles. The number of ether oxygens (including phenoxy) is 2. The summed E-state index contributed by atoms with van der Waals surface area (Å²) < 4.78 is 11.6. The predicted molar refractivity (Wildman–Crippen MR) is 75.8 cm³/mol. The zero-order valence-electron chi connectivity index (χ0n) is 12.0. The van der Waals surface area contributed by atoms with E-state index in [1.54, 1.807) is 7.11 Å². The van der Waals surface area contributed by atoms with Crippen molar-refractivity contribution in [1.82, 2.24) is 5.32 Å². The molecule has 1 aliphatic carbocycles. The molecule has 1 aromatic carbocycles. The summed E-state index contributed by atoms with van der Waals surface area (Å²) in [7, 11) is 1.71. The number of methoxy groups -OCH3 is 1. The van der Waals surface area contributed by atoms with Crippen LogP contribution < -0.4 is 14.8 Å². The van der Waals surface area contributed by atoms with Gasteiger partial charge in [0, 0.05) is 18.0 Å². The monoisotopic (exact) mass is 261 g/mol. The summed E-state index contributed by atoms with van der Waals surface area (Å²) in [6, 6.07) is 6.54. The van der Waals surface area contributed by atoms with Crippen molar-refractivity contribution in [2.45, 2.75) is 44.8 Å². The number of rotatable bonds is 3. The van der Waals surface area contributed by atoms with Gasteiger partial charge < -0.3 is 14.8 Å². The van der Waals surface area contributed by atoms with E-state index in [0.29, 0.717) is 6.04 Å². The Morgan fingerprint density at radius 2 is 2.16 bits per heavy atom. The molecule has 1 unspecified atom stereocenters. The minimum atomic E-state index is 0.0772. The van der Waals surface area contributed by atoms with Crippen molar-refractivity contribution in [3.05, 3.63) is 23.8 Å². The van der Waals surface area contributed by atoms with Crippen LogP contribution in [0.1, 0.15) is 44.7 Å². The maximum absolute atomic E-state index is 6.31. The summed E-state index contributed by atoms with van der Waals surface area (Å²) in [6.45, 7) is 5.44. The van der Waals surface area contributed by atoms with E-state index in [0.717, 1.165) is 30.4 Å². The molecule has 2 aliphatic rings. The van der Waals surface area contributed by atoms with Crippen LogP contribution in [-0.4, -0.2) is 19.3 Å². The highest BCUT2D eigenvalue weighted by atomic mass is 16.5. The van der Waals surface area contributed by atoms with Crippen molar-refractivity contribution in [3.63, 3.8) is 0 Å². The van der Waals surface area contributed by atoms with E-state index < -0.39 is 0 Å². The Morgan fingerprint density at radius 1 is 1.37 bits per heavy atom. The van der Waals surface area contributed by atoms with Gasteiger partial charge in [-0.25, -0.2) is 0 Å². The molecular formula is C16H23NO2. The topological polar surface area (TPSA) is 30.5 Å². The van der Waals surface area contributed by atoms with Gasteiger partial charge in [-0.15, -0.1) is 0 Å². The summed E-state index contributed by atoms with van der Waals surface area (Å²) in [5.74, 6) is 2.73. The van der Waals surface area contributed by atoms with Gasteiger partial charge in [0.2, 0.25) is 0 Å². The van der Waals surface area contributed by atoms with Crippen LogP contribution in [-0.2, 0) is 0 Å². The Hall–Kier alpha value is -1.22. The number of hydrogen-bond acceptors (Lipinski definition) is 3. The summed E-state index contributed by atoms with van der Waals surface area (Å²) in [6.07, 6.45) is 3.44. The van der Waals surface area contributed by atoms with Crippen LogP contribution in [0, 0.1) is 5.92 Å². The van der Waals surface area contributed by atoms with Gasteiger partial charge in [0.25, 0.3) is 0 Å². The summed E-state index contributed by atoms with van der Waals surface area (Å²) in [5.41, 5.74) is 1.32. The lowest BCUT2D eigenvalue weighted by Gasteiger charge is -2.51. The van der Waals surface area contributed by atoms with E-state index in [9.17, 15) is 0 Å². The highest BCUT2D eigenvalue weighted by Crippen LogP contribution is 2.51. The van der Waals surface area contributed by atoms with E-state index in [4.69, 9.17) is 9.47 Å². The second-order valence-electron chi connectivity index (χ2n) is 6.02. The largest absolute Gasteiger partial charge is 0.497 e. The molecule has 1 spiro atoms. The Morgan fingerprint density at radius 3 is 2.79 bits per heavy atom. The molecule has 1 saturated carbocycles. The molecule has 3 heteroatoms. The first-order valence-corrected chi connectivity index (χ1v) is 7.26. The van der Waals surface area contributed by atoms with Crippen molar-refractivity contribution >= 4 is 0 Å². The maximum atomic E-state index is 6.31. The van der Waals surface area contributed by atoms with Crippen LogP contribution in [0.2, 0.25) is 0 Å². The first kappa shape index (κ1) is 12.8. The lowest BCUT2D eigenvalue weighted by Crippen LogP contribution is -2.52. The molecule has 19 heavy (non-hydrogen) atoms. The SMILES string of the molecule is CCNC1CC2(CC(C)C2)Oc2ccc(OC)cc21. The lowest BCUT2D eigenvalue weighted by atomic mass is 9.67. The normalized spacial score (nSPS) is 32.4. The van der Waals surface area contributed by atoms with Crippen molar-refractivity contribution in [1.29, 1.82) is 0 Å². The molecule has 0 aromatic heterocycles. The van der Waals surface area contributed by atoms with Gasteiger partial charge >= 0.3 is 0 Å². The lowest BCUT2D eigenvalue weighted by molar-refractivity contribution is -0.0689. The standard InChI is InChI=1S/C16H23NO2/c1-4-17-14-10-16(8-11(2)9-16)19-15-6-5-12(18-3)7-13(14)15/h5-7,11,14,17H,4,8-10H2,1-3H3. The zero-order valence-corrected chi connectivity index (χ0v) is 12.0. The number of benzene rings is 1. The molecule has 104 valence electrons. The van der Waals surface area contributed by atoms with E-state index in [-0.39, 0.29) is 5.60 Å². The highest BCUT2D eigenvalue weighted by molar-refractivity contribution is 5.44. The fraction of sp³-hybridized carbons (Fsp3) is 0.625. The van der Waals surface area contributed by atoms with Crippen LogP contribution in [0.15, 0.2) is 18.2 Å². The Labute approximate surface area is 115 Å². The summed E-state index contributed by atoms with van der Waals surface area (Å²) >= 11 is 0.